The van der Waals surface area contributed by atoms with E-state index in [-0.39, 0.29) is 12.2 Å². The summed E-state index contributed by atoms with van der Waals surface area (Å²) in [6.45, 7) is 2.14. The van der Waals surface area contributed by atoms with Gasteiger partial charge in [0, 0.05) is 18.8 Å². The zero-order valence-electron chi connectivity index (χ0n) is 12.8. The fourth-order valence-electron chi connectivity index (χ4n) is 2.56. The van der Waals surface area contributed by atoms with Gasteiger partial charge < -0.3 is 15.3 Å². The number of aryl methyl sites for hydroxylation is 1. The number of carbonyl (C=O) groups excluding carboxylic acids is 1. The van der Waals surface area contributed by atoms with E-state index in [0.29, 0.717) is 24.5 Å². The lowest BCUT2D eigenvalue weighted by Gasteiger charge is -2.17. The quantitative estimate of drug-likeness (QED) is 0.867. The van der Waals surface area contributed by atoms with E-state index < -0.39 is 23.7 Å². The number of anilines is 1. The molecule has 1 saturated heterocycles. The molecule has 126 valence electrons. The maximum absolute atomic E-state index is 14.0. The van der Waals surface area contributed by atoms with Crippen LogP contribution >= 0.6 is 0 Å². The molecule has 1 aromatic heterocycles. The number of hydrogen-bond donors (Lipinski definition) is 2. The third-order valence-corrected chi connectivity index (χ3v) is 3.88. The molecule has 2 heterocycles. The second kappa shape index (κ2) is 6.22. The lowest BCUT2D eigenvalue weighted by atomic mass is 10.1. The fourth-order valence-corrected chi connectivity index (χ4v) is 2.56. The number of aliphatic carboxylic acids is 1. The molecule has 2 N–H and O–H groups in total. The number of hydrogen-bond acceptors (Lipinski definition) is 5. The van der Waals surface area contributed by atoms with Gasteiger partial charge in [0.05, 0.1) is 5.92 Å². The van der Waals surface area contributed by atoms with Crippen LogP contribution in [-0.4, -0.2) is 55.3 Å². The molecule has 0 saturated carbocycles. The maximum atomic E-state index is 14.0. The summed E-state index contributed by atoms with van der Waals surface area (Å²) in [4.78, 5) is 24.6. The molecule has 0 spiro atoms. The van der Waals surface area contributed by atoms with Gasteiger partial charge in [0.2, 0.25) is 0 Å². The number of aromatic nitrogens is 4. The first kappa shape index (κ1) is 15.8. The number of halogens is 1. The Morgan fingerprint density at radius 3 is 2.83 bits per heavy atom. The van der Waals surface area contributed by atoms with Crippen molar-refractivity contribution in [2.75, 3.05) is 18.4 Å². The van der Waals surface area contributed by atoms with Crippen LogP contribution in [-0.2, 0) is 4.79 Å². The molecule has 1 aliphatic rings. The molecule has 2 amide bonds. The number of tetrazole rings is 1. The zero-order valence-corrected chi connectivity index (χ0v) is 12.8. The molecule has 3 rings (SSSR count). The molecule has 1 fully saturated rings. The third-order valence-electron chi connectivity index (χ3n) is 3.88. The topological polar surface area (TPSA) is 113 Å². The number of nitrogens with zero attached hydrogens (tertiary/aromatic N) is 5. The number of amides is 2. The average Bonchev–Trinajstić information content (AvgIpc) is 3.18. The highest BCUT2D eigenvalue weighted by molar-refractivity contribution is 5.90. The van der Waals surface area contributed by atoms with Crippen LogP contribution in [0, 0.1) is 18.7 Å². The number of carboxylic acid groups (broad SMARTS) is 1. The normalized spacial score (nSPS) is 17.1. The summed E-state index contributed by atoms with van der Waals surface area (Å²) in [5.74, 6) is -1.59. The van der Waals surface area contributed by atoms with Gasteiger partial charge in [-0.1, -0.05) is 0 Å². The van der Waals surface area contributed by atoms with Crippen molar-refractivity contribution in [3.8, 4) is 5.69 Å². The standard InChI is InChI=1S/C14H15FN6O3/c1-8-17-18-19-21(8)12-6-10(2-3-11(12)15)16-14(24)20-5-4-9(7-20)13(22)23/h2-3,6,9H,4-5,7H2,1H3,(H,16,24)(H,22,23). The number of carboxylic acids is 1. The van der Waals surface area contributed by atoms with E-state index in [4.69, 9.17) is 5.11 Å². The van der Waals surface area contributed by atoms with Crippen molar-refractivity contribution in [2.45, 2.75) is 13.3 Å². The molecule has 24 heavy (non-hydrogen) atoms. The van der Waals surface area contributed by atoms with Gasteiger partial charge in [0.25, 0.3) is 0 Å². The molecule has 0 radical (unpaired) electrons. The minimum atomic E-state index is -0.913. The maximum Gasteiger partial charge on any atom is 0.321 e. The van der Waals surface area contributed by atoms with Gasteiger partial charge in [-0.2, -0.15) is 4.68 Å². The third kappa shape index (κ3) is 3.03. The van der Waals surface area contributed by atoms with Crippen molar-refractivity contribution < 1.29 is 19.1 Å². The van der Waals surface area contributed by atoms with E-state index in [1.807, 2.05) is 0 Å². The minimum absolute atomic E-state index is 0.111. The second-order valence-corrected chi connectivity index (χ2v) is 5.50. The van der Waals surface area contributed by atoms with Gasteiger partial charge in [-0.25, -0.2) is 9.18 Å². The van der Waals surface area contributed by atoms with Crippen LogP contribution in [0.1, 0.15) is 12.2 Å². The largest absolute Gasteiger partial charge is 0.481 e. The van der Waals surface area contributed by atoms with Gasteiger partial charge in [-0.3, -0.25) is 4.79 Å². The molecule has 1 aromatic carbocycles. The van der Waals surface area contributed by atoms with Crippen LogP contribution in [0.25, 0.3) is 5.69 Å². The SMILES string of the molecule is Cc1nnnn1-c1cc(NC(=O)N2CCC(C(=O)O)C2)ccc1F. The van der Waals surface area contributed by atoms with Gasteiger partial charge in [0.1, 0.15) is 11.5 Å². The summed E-state index contributed by atoms with van der Waals surface area (Å²) in [6, 6.07) is 3.61. The molecule has 0 aliphatic carbocycles. The molecule has 9 nitrogen and oxygen atoms in total. The van der Waals surface area contributed by atoms with E-state index in [2.05, 4.69) is 20.8 Å². The van der Waals surface area contributed by atoms with Crippen molar-refractivity contribution in [3.63, 3.8) is 0 Å². The van der Waals surface area contributed by atoms with Crippen molar-refractivity contribution >= 4 is 17.7 Å². The smallest absolute Gasteiger partial charge is 0.321 e. The Kier molecular flexibility index (Phi) is 4.11. The van der Waals surface area contributed by atoms with Gasteiger partial charge in [0.15, 0.2) is 5.82 Å². The lowest BCUT2D eigenvalue weighted by Crippen LogP contribution is -2.33. The van der Waals surface area contributed by atoms with Crippen LogP contribution in [0.2, 0.25) is 0 Å². The van der Waals surface area contributed by atoms with E-state index in [1.54, 1.807) is 6.92 Å². The average molecular weight is 334 g/mol. The number of carbonyl (C=O) groups is 2. The fraction of sp³-hybridized carbons (Fsp3) is 0.357. The molecule has 10 heteroatoms. The predicted molar refractivity (Wildman–Crippen MR) is 80.2 cm³/mol. The molecule has 1 aliphatic heterocycles. The first-order valence-electron chi connectivity index (χ1n) is 7.29. The van der Waals surface area contributed by atoms with E-state index in [9.17, 15) is 14.0 Å². The Hall–Kier alpha value is -3.04. The van der Waals surface area contributed by atoms with Crippen molar-refractivity contribution in [1.82, 2.24) is 25.1 Å². The van der Waals surface area contributed by atoms with Gasteiger partial charge in [-0.15, -0.1) is 5.10 Å². The van der Waals surface area contributed by atoms with Crippen molar-refractivity contribution in [1.29, 1.82) is 0 Å². The zero-order chi connectivity index (χ0) is 17.3. The van der Waals surface area contributed by atoms with Gasteiger partial charge in [-0.05, 0) is 42.0 Å². The molecule has 1 unspecified atom stereocenters. The number of rotatable bonds is 3. The Morgan fingerprint density at radius 1 is 1.42 bits per heavy atom. The summed E-state index contributed by atoms with van der Waals surface area (Å²) in [6.07, 6.45) is 0.418. The summed E-state index contributed by atoms with van der Waals surface area (Å²) in [5, 5.41) is 22.5. The molecule has 0 bridgehead atoms. The summed E-state index contributed by atoms with van der Waals surface area (Å²) < 4.78 is 15.2. The number of benzene rings is 1. The van der Waals surface area contributed by atoms with E-state index in [1.165, 1.54) is 27.8 Å². The monoisotopic (exact) mass is 334 g/mol. The highest BCUT2D eigenvalue weighted by Gasteiger charge is 2.30. The molecule has 1 atom stereocenters. The molecular weight excluding hydrogens is 319 g/mol. The van der Waals surface area contributed by atoms with Crippen LogP contribution < -0.4 is 5.32 Å². The van der Waals surface area contributed by atoms with Crippen molar-refractivity contribution in [3.05, 3.63) is 29.8 Å². The van der Waals surface area contributed by atoms with Crippen LogP contribution in [0.3, 0.4) is 0 Å². The van der Waals surface area contributed by atoms with Crippen LogP contribution in [0.4, 0.5) is 14.9 Å². The highest BCUT2D eigenvalue weighted by Crippen LogP contribution is 2.21. The van der Waals surface area contributed by atoms with E-state index in [0.717, 1.165) is 0 Å². The van der Waals surface area contributed by atoms with Gasteiger partial charge >= 0.3 is 12.0 Å². The second-order valence-electron chi connectivity index (χ2n) is 5.50. The number of likely N-dealkylation sites (tertiary alicyclic amines) is 1. The first-order valence-corrected chi connectivity index (χ1v) is 7.29. The van der Waals surface area contributed by atoms with Crippen LogP contribution in [0.15, 0.2) is 18.2 Å². The van der Waals surface area contributed by atoms with Crippen LogP contribution in [0.5, 0.6) is 0 Å². The Morgan fingerprint density at radius 2 is 2.21 bits per heavy atom. The number of urea groups is 1. The van der Waals surface area contributed by atoms with Crippen molar-refractivity contribution in [2.24, 2.45) is 5.92 Å². The summed E-state index contributed by atoms with van der Waals surface area (Å²) >= 11 is 0. The minimum Gasteiger partial charge on any atom is -0.481 e. The van der Waals surface area contributed by atoms with E-state index >= 15 is 0 Å². The molecular formula is C14H15FN6O3. The Labute approximate surface area is 136 Å². The lowest BCUT2D eigenvalue weighted by molar-refractivity contribution is -0.141. The highest BCUT2D eigenvalue weighted by atomic mass is 19.1. The first-order chi connectivity index (χ1) is 11.5. The summed E-state index contributed by atoms with van der Waals surface area (Å²) in [7, 11) is 0. The number of nitrogens with one attached hydrogen (secondary N) is 1. The summed E-state index contributed by atoms with van der Waals surface area (Å²) in [5.41, 5.74) is 0.477. The predicted octanol–water partition coefficient (Wildman–Crippen LogP) is 1.05. The Bertz CT molecular complexity index is 793. The molecule has 2 aromatic rings. The Balaban J connectivity index is 1.75.